The lowest BCUT2D eigenvalue weighted by molar-refractivity contribution is -0.125. The second-order valence-electron chi connectivity index (χ2n) is 5.46. The highest BCUT2D eigenvalue weighted by molar-refractivity contribution is 5.78. The average Bonchev–Trinajstić information content (AvgIpc) is 2.69. The average molecular weight is 301 g/mol. The molecule has 1 heterocycles. The Morgan fingerprint density at radius 2 is 1.67 bits per heavy atom. The summed E-state index contributed by atoms with van der Waals surface area (Å²) in [5, 5.41) is 2.95. The minimum atomic E-state index is 0.125. The number of hydrogen-bond donors (Lipinski definition) is 1. The fraction of sp³-hybridized carbons (Fsp3) is 0.938. The molecule has 1 aliphatic heterocycles. The van der Waals surface area contributed by atoms with Crippen molar-refractivity contribution in [3.8, 4) is 0 Å². The van der Waals surface area contributed by atoms with Crippen molar-refractivity contribution in [1.29, 1.82) is 0 Å². The number of nitrogens with one attached hydrogen (secondary N) is 1. The largest absolute Gasteiger partial charge is 0.379 e. The third kappa shape index (κ3) is 9.82. The molecule has 0 aromatic heterocycles. The highest BCUT2D eigenvalue weighted by Gasteiger charge is 2.19. The molecule has 0 saturated carbocycles. The highest BCUT2D eigenvalue weighted by Crippen LogP contribution is 2.15. The summed E-state index contributed by atoms with van der Waals surface area (Å²) in [7, 11) is 0. The molecular weight excluding hydrogens is 270 g/mol. The van der Waals surface area contributed by atoms with E-state index in [0.717, 1.165) is 51.7 Å². The fourth-order valence-electron chi connectivity index (χ4n) is 2.29. The van der Waals surface area contributed by atoms with E-state index in [0.29, 0.717) is 33.0 Å². The van der Waals surface area contributed by atoms with Crippen LogP contribution >= 0.6 is 0 Å². The molecule has 5 heteroatoms. The van der Waals surface area contributed by atoms with E-state index >= 15 is 0 Å². The first-order valence-corrected chi connectivity index (χ1v) is 8.35. The van der Waals surface area contributed by atoms with Gasteiger partial charge in [0.15, 0.2) is 0 Å². The van der Waals surface area contributed by atoms with Gasteiger partial charge in [-0.05, 0) is 25.7 Å². The van der Waals surface area contributed by atoms with Gasteiger partial charge in [-0.25, -0.2) is 0 Å². The van der Waals surface area contributed by atoms with Crippen LogP contribution in [0, 0.1) is 5.92 Å². The van der Waals surface area contributed by atoms with E-state index in [4.69, 9.17) is 14.2 Å². The third-order valence-electron chi connectivity index (χ3n) is 3.65. The lowest BCUT2D eigenvalue weighted by atomic mass is 9.99. The maximum absolute atomic E-state index is 11.7. The van der Waals surface area contributed by atoms with Gasteiger partial charge >= 0.3 is 0 Å². The summed E-state index contributed by atoms with van der Waals surface area (Å²) in [4.78, 5) is 11.7. The molecule has 0 aliphatic carbocycles. The van der Waals surface area contributed by atoms with Crippen LogP contribution in [0.15, 0.2) is 0 Å². The normalized spacial score (nSPS) is 19.3. The van der Waals surface area contributed by atoms with Gasteiger partial charge in [-0.15, -0.1) is 0 Å². The van der Waals surface area contributed by atoms with Crippen molar-refractivity contribution in [2.45, 2.75) is 45.4 Å². The molecule has 1 aliphatic rings. The summed E-state index contributed by atoms with van der Waals surface area (Å²) in [6.07, 6.45) is 6.29. The molecule has 21 heavy (non-hydrogen) atoms. The molecule has 0 radical (unpaired) electrons. The van der Waals surface area contributed by atoms with Crippen molar-refractivity contribution in [3.05, 3.63) is 0 Å². The molecule has 0 aromatic rings. The van der Waals surface area contributed by atoms with Gasteiger partial charge < -0.3 is 19.5 Å². The quantitative estimate of drug-likeness (QED) is 0.561. The topological polar surface area (TPSA) is 56.8 Å². The predicted octanol–water partition coefficient (Wildman–Crippen LogP) is 2.14. The summed E-state index contributed by atoms with van der Waals surface area (Å²) in [5.74, 6) is 0.317. The maximum Gasteiger partial charge on any atom is 0.223 e. The van der Waals surface area contributed by atoms with Crippen molar-refractivity contribution in [2.75, 3.05) is 46.2 Å². The Bertz CT molecular complexity index is 261. The first-order valence-electron chi connectivity index (χ1n) is 8.35. The summed E-state index contributed by atoms with van der Waals surface area (Å²) >= 11 is 0. The van der Waals surface area contributed by atoms with E-state index in [1.54, 1.807) is 0 Å². The minimum absolute atomic E-state index is 0.125. The molecule has 0 spiro atoms. The van der Waals surface area contributed by atoms with Crippen LogP contribution in [0.4, 0.5) is 0 Å². The van der Waals surface area contributed by atoms with Gasteiger partial charge in [0, 0.05) is 25.7 Å². The van der Waals surface area contributed by atoms with Crippen LogP contribution in [0.5, 0.6) is 0 Å². The van der Waals surface area contributed by atoms with Crippen molar-refractivity contribution in [2.24, 2.45) is 5.92 Å². The Morgan fingerprint density at radius 1 is 1.00 bits per heavy atom. The minimum Gasteiger partial charge on any atom is -0.379 e. The molecule has 1 unspecified atom stereocenters. The first kappa shape index (κ1) is 18.4. The molecular formula is C16H31NO4. The van der Waals surface area contributed by atoms with Gasteiger partial charge in [0.2, 0.25) is 5.91 Å². The zero-order chi connectivity index (χ0) is 15.2. The molecule has 1 amide bonds. The van der Waals surface area contributed by atoms with Gasteiger partial charge in [-0.1, -0.05) is 19.8 Å². The van der Waals surface area contributed by atoms with Gasteiger partial charge in [0.25, 0.3) is 0 Å². The smallest absolute Gasteiger partial charge is 0.223 e. The van der Waals surface area contributed by atoms with Gasteiger partial charge in [0.05, 0.1) is 26.4 Å². The van der Waals surface area contributed by atoms with E-state index in [1.807, 2.05) is 0 Å². The summed E-state index contributed by atoms with van der Waals surface area (Å²) < 4.78 is 16.3. The summed E-state index contributed by atoms with van der Waals surface area (Å²) in [5.41, 5.74) is 0. The number of amides is 1. The van der Waals surface area contributed by atoms with Gasteiger partial charge in [0.1, 0.15) is 0 Å². The van der Waals surface area contributed by atoms with Crippen LogP contribution in [0.3, 0.4) is 0 Å². The molecule has 5 nitrogen and oxygen atoms in total. The molecule has 1 atom stereocenters. The lowest BCUT2D eigenvalue weighted by Gasteiger charge is -2.13. The van der Waals surface area contributed by atoms with E-state index < -0.39 is 0 Å². The van der Waals surface area contributed by atoms with E-state index in [-0.39, 0.29) is 11.8 Å². The number of rotatable bonds is 12. The van der Waals surface area contributed by atoms with Crippen molar-refractivity contribution >= 4 is 5.91 Å². The Kier molecular flexibility index (Phi) is 11.4. The molecule has 1 N–H and O–H groups in total. The SMILES string of the molecule is CCCCOCCOCCOCCC1CCCCNC1=O. The lowest BCUT2D eigenvalue weighted by Crippen LogP contribution is -2.29. The number of unbranched alkanes of at least 4 members (excludes halogenated alkanes) is 1. The Hall–Kier alpha value is -0.650. The van der Waals surface area contributed by atoms with E-state index in [2.05, 4.69) is 12.2 Å². The number of carbonyl (C=O) groups excluding carboxylic acids is 1. The van der Waals surface area contributed by atoms with Crippen LogP contribution in [0.2, 0.25) is 0 Å². The van der Waals surface area contributed by atoms with Crippen LogP contribution in [0.1, 0.15) is 45.4 Å². The monoisotopic (exact) mass is 301 g/mol. The Balaban J connectivity index is 1.84. The number of ether oxygens (including phenoxy) is 3. The van der Waals surface area contributed by atoms with E-state index in [9.17, 15) is 4.79 Å². The molecule has 1 saturated heterocycles. The molecule has 1 rings (SSSR count). The molecule has 0 bridgehead atoms. The zero-order valence-corrected chi connectivity index (χ0v) is 13.4. The van der Waals surface area contributed by atoms with Crippen LogP contribution in [-0.4, -0.2) is 52.1 Å². The summed E-state index contributed by atoms with van der Waals surface area (Å²) in [6, 6.07) is 0. The number of carbonyl (C=O) groups is 1. The van der Waals surface area contributed by atoms with Crippen molar-refractivity contribution in [3.63, 3.8) is 0 Å². The fourth-order valence-corrected chi connectivity index (χ4v) is 2.29. The van der Waals surface area contributed by atoms with Crippen LogP contribution in [0.25, 0.3) is 0 Å². The second kappa shape index (κ2) is 13.0. The second-order valence-corrected chi connectivity index (χ2v) is 5.46. The van der Waals surface area contributed by atoms with Gasteiger partial charge in [-0.3, -0.25) is 4.79 Å². The highest BCUT2D eigenvalue weighted by atomic mass is 16.5. The van der Waals surface area contributed by atoms with Crippen LogP contribution in [-0.2, 0) is 19.0 Å². The van der Waals surface area contributed by atoms with Crippen molar-refractivity contribution < 1.29 is 19.0 Å². The Labute approximate surface area is 128 Å². The van der Waals surface area contributed by atoms with Crippen molar-refractivity contribution in [1.82, 2.24) is 5.32 Å². The maximum atomic E-state index is 11.7. The molecule has 1 fully saturated rings. The third-order valence-corrected chi connectivity index (χ3v) is 3.65. The standard InChI is InChI=1S/C16H31NO4/c1-2-3-9-19-11-13-21-14-12-20-10-7-15-6-4-5-8-17-16(15)18/h15H,2-14H2,1H3,(H,17,18). The van der Waals surface area contributed by atoms with E-state index in [1.165, 1.54) is 0 Å². The first-order chi connectivity index (χ1) is 10.3. The predicted molar refractivity (Wildman–Crippen MR) is 82.3 cm³/mol. The van der Waals surface area contributed by atoms with Gasteiger partial charge in [-0.2, -0.15) is 0 Å². The summed E-state index contributed by atoms with van der Waals surface area (Å²) in [6.45, 7) is 6.88. The number of hydrogen-bond acceptors (Lipinski definition) is 4. The molecule has 124 valence electrons. The van der Waals surface area contributed by atoms with Crippen LogP contribution < -0.4 is 5.32 Å². The molecule has 0 aromatic carbocycles. The zero-order valence-electron chi connectivity index (χ0n) is 13.4. The Morgan fingerprint density at radius 3 is 2.38 bits per heavy atom.